The van der Waals surface area contributed by atoms with Crippen LogP contribution in [0.2, 0.25) is 0 Å². The normalized spacial score (nSPS) is 14.0. The molecule has 4 aromatic rings. The molecule has 0 unspecified atom stereocenters. The van der Waals surface area contributed by atoms with Crippen molar-refractivity contribution in [3.8, 4) is 23.0 Å². The smallest absolute Gasteiger partial charge is 0.252 e. The summed E-state index contributed by atoms with van der Waals surface area (Å²) in [5, 5.41) is 5.43. The lowest BCUT2D eigenvalue weighted by molar-refractivity contribution is -0.705. The molecule has 0 atom stereocenters. The number of benzene rings is 3. The van der Waals surface area contributed by atoms with E-state index < -0.39 is 0 Å². The average molecular weight is 398 g/mol. The molecule has 6 rings (SSSR count). The predicted molar refractivity (Wildman–Crippen MR) is 98.4 cm³/mol. The first-order valence-electron chi connectivity index (χ1n) is 8.73. The van der Waals surface area contributed by atoms with Crippen molar-refractivity contribution in [2.24, 2.45) is 0 Å². The van der Waals surface area contributed by atoms with Crippen molar-refractivity contribution in [2.75, 3.05) is 20.7 Å². The Morgan fingerprint density at radius 3 is 2.43 bits per heavy atom. The van der Waals surface area contributed by atoms with Gasteiger partial charge >= 0.3 is 0 Å². The van der Waals surface area contributed by atoms with E-state index in [4.69, 9.17) is 23.7 Å². The Kier molecular flexibility index (Phi) is 3.86. The molecule has 6 nitrogen and oxygen atoms in total. The van der Waals surface area contributed by atoms with Crippen LogP contribution >= 0.6 is 0 Å². The maximum atomic E-state index is 5.73. The summed E-state index contributed by atoms with van der Waals surface area (Å²) in [5.74, 6) is 3.11. The average Bonchev–Trinajstić information content (AvgIpc) is 3.34. The topological polar surface area (TPSA) is 50.0 Å². The van der Waals surface area contributed by atoms with Crippen molar-refractivity contribution < 1.29 is 40.7 Å². The van der Waals surface area contributed by atoms with Gasteiger partial charge in [0.05, 0.1) is 16.2 Å². The van der Waals surface area contributed by atoms with Crippen molar-refractivity contribution >= 4 is 32.4 Å². The number of hydrogen-bond acceptors (Lipinski definition) is 5. The molecule has 7 heteroatoms. The minimum atomic E-state index is 0. The molecule has 2 aliphatic heterocycles. The lowest BCUT2D eigenvalue weighted by atomic mass is 10.00. The highest BCUT2D eigenvalue weighted by atomic mass is 35.5. The summed E-state index contributed by atoms with van der Waals surface area (Å²) in [6, 6.07) is 12.4. The van der Waals surface area contributed by atoms with E-state index in [1.807, 2.05) is 18.2 Å². The Morgan fingerprint density at radius 1 is 0.821 bits per heavy atom. The standard InChI is InChI=1S/C21H16NO5.ClH/c1-23-9-22-8-16-13(4-5-17-21(16)27-11-24-17)14-3-2-12-6-18-19(26-10-25-18)7-15(12)20(14)22;/h2-8H,9-11H2,1H3;1H/q+1;/p-1. The highest BCUT2D eigenvalue weighted by Gasteiger charge is 2.25. The molecule has 28 heavy (non-hydrogen) atoms. The summed E-state index contributed by atoms with van der Waals surface area (Å²) in [4.78, 5) is 0. The number of ether oxygens (including phenoxy) is 5. The molecule has 0 fully saturated rings. The molecule has 0 amide bonds. The number of fused-ring (bicyclic) bond motifs is 8. The van der Waals surface area contributed by atoms with Crippen LogP contribution in [0.15, 0.2) is 42.6 Å². The number of hydrogen-bond donors (Lipinski definition) is 0. The van der Waals surface area contributed by atoms with Gasteiger partial charge in [0.1, 0.15) is 0 Å². The largest absolute Gasteiger partial charge is 1.00 e. The second-order valence-electron chi connectivity index (χ2n) is 6.67. The summed E-state index contributed by atoms with van der Waals surface area (Å²) in [6.07, 6.45) is 2.07. The third kappa shape index (κ3) is 2.28. The van der Waals surface area contributed by atoms with Crippen molar-refractivity contribution in [1.82, 2.24) is 0 Å². The zero-order valence-electron chi connectivity index (χ0n) is 15.0. The minimum Gasteiger partial charge on any atom is -1.00 e. The lowest BCUT2D eigenvalue weighted by Gasteiger charge is -2.10. The van der Waals surface area contributed by atoms with Gasteiger partial charge in [-0.2, -0.15) is 4.57 Å². The van der Waals surface area contributed by atoms with E-state index >= 15 is 0 Å². The second-order valence-corrected chi connectivity index (χ2v) is 6.67. The van der Waals surface area contributed by atoms with Gasteiger partial charge in [-0.25, -0.2) is 0 Å². The van der Waals surface area contributed by atoms with Crippen LogP contribution in [-0.4, -0.2) is 20.7 Å². The first-order chi connectivity index (χ1) is 13.3. The molecule has 142 valence electrons. The van der Waals surface area contributed by atoms with Gasteiger partial charge in [-0.15, -0.1) is 0 Å². The fraction of sp³-hybridized carbons (Fsp3) is 0.190. The van der Waals surface area contributed by atoms with Gasteiger partial charge in [0.25, 0.3) is 6.73 Å². The Hall–Kier alpha value is -2.96. The Balaban J connectivity index is 0.00000171. The van der Waals surface area contributed by atoms with Crippen LogP contribution in [0.3, 0.4) is 0 Å². The fourth-order valence-corrected chi connectivity index (χ4v) is 4.04. The SMILES string of the molecule is COC[n+]1cc2c3c(ccc2c2ccc4cc5c(cc4c21)OCO5)OCO3.[Cl-]. The van der Waals surface area contributed by atoms with E-state index in [1.54, 1.807) is 7.11 Å². The molecule has 1 aromatic heterocycles. The van der Waals surface area contributed by atoms with E-state index in [9.17, 15) is 0 Å². The molecule has 0 saturated carbocycles. The monoisotopic (exact) mass is 397 g/mol. The van der Waals surface area contributed by atoms with E-state index in [0.29, 0.717) is 6.73 Å². The molecule has 3 aromatic carbocycles. The van der Waals surface area contributed by atoms with Gasteiger partial charge in [-0.1, -0.05) is 6.07 Å². The number of nitrogens with zero attached hydrogens (tertiary/aromatic N) is 1. The summed E-state index contributed by atoms with van der Waals surface area (Å²) in [6.45, 7) is 0.927. The van der Waals surface area contributed by atoms with Gasteiger partial charge in [-0.3, -0.25) is 0 Å². The first-order valence-corrected chi connectivity index (χ1v) is 8.73. The maximum absolute atomic E-state index is 5.73. The number of aromatic nitrogens is 1. The fourth-order valence-electron chi connectivity index (χ4n) is 4.04. The highest BCUT2D eigenvalue weighted by Crippen LogP contribution is 2.43. The molecule has 0 aliphatic carbocycles. The zero-order valence-corrected chi connectivity index (χ0v) is 15.8. The third-order valence-corrected chi connectivity index (χ3v) is 5.19. The second kappa shape index (κ2) is 6.29. The van der Waals surface area contributed by atoms with Crippen LogP contribution in [0.25, 0.3) is 32.4 Å². The molecule has 3 heterocycles. The van der Waals surface area contributed by atoms with Gasteiger partial charge in [0.2, 0.25) is 19.1 Å². The van der Waals surface area contributed by atoms with Crippen LogP contribution < -0.4 is 35.9 Å². The van der Waals surface area contributed by atoms with Crippen LogP contribution in [-0.2, 0) is 11.5 Å². The van der Waals surface area contributed by atoms with Crippen molar-refractivity contribution in [3.05, 3.63) is 42.6 Å². The minimum absolute atomic E-state index is 0. The van der Waals surface area contributed by atoms with Gasteiger partial charge < -0.3 is 36.1 Å². The summed E-state index contributed by atoms with van der Waals surface area (Å²) >= 11 is 0. The summed E-state index contributed by atoms with van der Waals surface area (Å²) < 4.78 is 30.0. The summed E-state index contributed by atoms with van der Waals surface area (Å²) in [5.41, 5.74) is 1.08. The lowest BCUT2D eigenvalue weighted by Crippen LogP contribution is -3.00. The highest BCUT2D eigenvalue weighted by molar-refractivity contribution is 6.15. The molecular weight excluding hydrogens is 382 g/mol. The van der Waals surface area contributed by atoms with E-state index in [0.717, 1.165) is 55.4 Å². The van der Waals surface area contributed by atoms with Gasteiger partial charge in [0.15, 0.2) is 29.2 Å². The molecule has 0 spiro atoms. The molecular formula is C21H16ClNO5. The van der Waals surface area contributed by atoms with E-state index in [-0.39, 0.29) is 26.0 Å². The van der Waals surface area contributed by atoms with Crippen molar-refractivity contribution in [3.63, 3.8) is 0 Å². The Labute approximate surface area is 166 Å². The first kappa shape index (κ1) is 17.2. The Morgan fingerprint density at radius 2 is 1.57 bits per heavy atom. The van der Waals surface area contributed by atoms with Gasteiger partial charge in [0, 0.05) is 12.5 Å². The molecule has 0 radical (unpaired) electrons. The molecule has 0 bridgehead atoms. The zero-order chi connectivity index (χ0) is 18.0. The number of pyridine rings is 1. The maximum Gasteiger partial charge on any atom is 0.252 e. The van der Waals surface area contributed by atoms with Crippen LogP contribution in [0.4, 0.5) is 0 Å². The quantitative estimate of drug-likeness (QED) is 0.364. The Bertz CT molecular complexity index is 1260. The van der Waals surface area contributed by atoms with E-state index in [1.165, 1.54) is 0 Å². The van der Waals surface area contributed by atoms with Crippen LogP contribution in [0, 0.1) is 0 Å². The number of rotatable bonds is 2. The van der Waals surface area contributed by atoms with Crippen LogP contribution in [0.5, 0.6) is 23.0 Å². The van der Waals surface area contributed by atoms with E-state index in [2.05, 4.69) is 29.0 Å². The molecule has 0 N–H and O–H groups in total. The van der Waals surface area contributed by atoms with Crippen LogP contribution in [0.1, 0.15) is 0 Å². The van der Waals surface area contributed by atoms with Crippen molar-refractivity contribution in [2.45, 2.75) is 6.73 Å². The van der Waals surface area contributed by atoms with Gasteiger partial charge in [-0.05, 0) is 35.7 Å². The predicted octanol–water partition coefficient (Wildman–Crippen LogP) is 0.499. The van der Waals surface area contributed by atoms with Crippen molar-refractivity contribution in [1.29, 1.82) is 0 Å². The number of halogens is 1. The summed E-state index contributed by atoms with van der Waals surface area (Å²) in [7, 11) is 1.69. The molecule has 2 aliphatic rings. The molecule has 0 saturated heterocycles. The number of methoxy groups -OCH3 is 1. The third-order valence-electron chi connectivity index (χ3n) is 5.19.